The highest BCUT2D eigenvalue weighted by molar-refractivity contribution is 6.47. The molecule has 2 aromatic carbocycles. The maximum absolute atomic E-state index is 6.17. The van der Waals surface area contributed by atoms with Crippen LogP contribution in [0.4, 0.5) is 0 Å². The maximum Gasteiger partial charge on any atom is 0.137 e. The average Bonchev–Trinajstić information content (AvgIpc) is 2.63. The summed E-state index contributed by atoms with van der Waals surface area (Å²) in [6.45, 7) is 0. The number of furan rings is 1. The Balaban J connectivity index is 2.58. The number of benzene rings is 2. The average molecular weight is 306 g/mol. The van der Waals surface area contributed by atoms with Crippen LogP contribution in [0.5, 0.6) is 0 Å². The van der Waals surface area contributed by atoms with E-state index in [2.05, 4.69) is 0 Å². The van der Waals surface area contributed by atoms with Crippen LogP contribution in [0.15, 0.2) is 28.7 Å². The van der Waals surface area contributed by atoms with Gasteiger partial charge in [0.2, 0.25) is 0 Å². The first-order valence-corrected chi connectivity index (χ1v) is 6.24. The second-order valence-corrected chi connectivity index (χ2v) is 5.20. The third-order valence-electron chi connectivity index (χ3n) is 2.57. The van der Waals surface area contributed by atoms with Gasteiger partial charge < -0.3 is 4.42 Å². The summed E-state index contributed by atoms with van der Waals surface area (Å²) in [5.74, 6) is 0. The Morgan fingerprint density at radius 3 is 2.24 bits per heavy atom. The van der Waals surface area contributed by atoms with Crippen molar-refractivity contribution in [3.63, 3.8) is 0 Å². The first-order chi connectivity index (χ1) is 8.08. The number of halogens is 4. The number of hydrogen-bond donors (Lipinski definition) is 0. The molecule has 0 N–H and O–H groups in total. The van der Waals surface area contributed by atoms with E-state index < -0.39 is 0 Å². The van der Waals surface area contributed by atoms with Gasteiger partial charge >= 0.3 is 0 Å². The summed E-state index contributed by atoms with van der Waals surface area (Å²) in [6.07, 6.45) is 0. The highest BCUT2D eigenvalue weighted by Gasteiger charge is 2.14. The van der Waals surface area contributed by atoms with Crippen molar-refractivity contribution in [1.29, 1.82) is 0 Å². The van der Waals surface area contributed by atoms with Gasteiger partial charge in [0.15, 0.2) is 0 Å². The van der Waals surface area contributed by atoms with Crippen molar-refractivity contribution >= 4 is 68.3 Å². The summed E-state index contributed by atoms with van der Waals surface area (Å²) < 4.78 is 5.64. The molecule has 0 bridgehead atoms. The molecule has 3 aromatic rings. The summed E-state index contributed by atoms with van der Waals surface area (Å²) in [7, 11) is 0. The van der Waals surface area contributed by atoms with Gasteiger partial charge in [0.1, 0.15) is 11.2 Å². The van der Waals surface area contributed by atoms with E-state index in [1.165, 1.54) is 0 Å². The minimum absolute atomic E-state index is 0.445. The van der Waals surface area contributed by atoms with Gasteiger partial charge in [0, 0.05) is 16.8 Å². The van der Waals surface area contributed by atoms with E-state index in [1.807, 2.05) is 0 Å². The van der Waals surface area contributed by atoms with Crippen LogP contribution in [0.1, 0.15) is 0 Å². The Morgan fingerprint density at radius 1 is 0.765 bits per heavy atom. The molecule has 0 fully saturated rings. The van der Waals surface area contributed by atoms with Crippen LogP contribution in [0.3, 0.4) is 0 Å². The first-order valence-electron chi connectivity index (χ1n) is 4.73. The predicted molar refractivity (Wildman–Crippen MR) is 73.8 cm³/mol. The molecule has 3 rings (SSSR count). The van der Waals surface area contributed by atoms with Crippen LogP contribution in [-0.4, -0.2) is 0 Å². The lowest BCUT2D eigenvalue weighted by molar-refractivity contribution is 0.669. The lowest BCUT2D eigenvalue weighted by Crippen LogP contribution is -1.73. The van der Waals surface area contributed by atoms with Gasteiger partial charge in [-0.3, -0.25) is 0 Å². The zero-order valence-corrected chi connectivity index (χ0v) is 11.3. The summed E-state index contributed by atoms with van der Waals surface area (Å²) in [6, 6.07) is 6.86. The van der Waals surface area contributed by atoms with Crippen molar-refractivity contribution in [3.05, 3.63) is 44.4 Å². The Morgan fingerprint density at radius 2 is 1.47 bits per heavy atom. The fourth-order valence-corrected chi connectivity index (χ4v) is 2.53. The maximum atomic E-state index is 6.17. The summed E-state index contributed by atoms with van der Waals surface area (Å²) in [4.78, 5) is 0. The van der Waals surface area contributed by atoms with Gasteiger partial charge in [0.25, 0.3) is 0 Å². The normalized spacial score (nSPS) is 11.5. The molecular weight excluding hydrogens is 302 g/mol. The fraction of sp³-hybridized carbons (Fsp3) is 0. The number of hydrogen-bond acceptors (Lipinski definition) is 1. The van der Waals surface area contributed by atoms with E-state index in [0.717, 1.165) is 10.8 Å². The standard InChI is InChI=1S/C12H4Cl4O/c13-6-1-2-9-11(12(6)16)5-3-7(14)8(15)4-10(5)17-9/h1-4H. The Hall–Kier alpha value is -0.600. The third-order valence-corrected chi connectivity index (χ3v) is 4.09. The third kappa shape index (κ3) is 1.69. The molecule has 5 heteroatoms. The zero-order valence-electron chi connectivity index (χ0n) is 8.23. The topological polar surface area (TPSA) is 13.1 Å². The molecule has 0 radical (unpaired) electrons. The largest absolute Gasteiger partial charge is 0.456 e. The molecule has 17 heavy (non-hydrogen) atoms. The van der Waals surface area contributed by atoms with E-state index in [4.69, 9.17) is 50.8 Å². The van der Waals surface area contributed by atoms with Crippen LogP contribution in [-0.2, 0) is 0 Å². The minimum Gasteiger partial charge on any atom is -0.456 e. The highest BCUT2D eigenvalue weighted by atomic mass is 35.5. The minimum atomic E-state index is 0.445. The van der Waals surface area contributed by atoms with Crippen LogP contribution in [0, 0.1) is 0 Å². The lowest BCUT2D eigenvalue weighted by atomic mass is 10.1. The van der Waals surface area contributed by atoms with Crippen LogP contribution < -0.4 is 0 Å². The van der Waals surface area contributed by atoms with Crippen molar-refractivity contribution in [2.24, 2.45) is 0 Å². The molecule has 0 amide bonds. The van der Waals surface area contributed by atoms with Crippen LogP contribution in [0.25, 0.3) is 21.9 Å². The fourth-order valence-electron chi connectivity index (χ4n) is 1.80. The molecule has 0 aliphatic rings. The first kappa shape index (κ1) is 11.5. The smallest absolute Gasteiger partial charge is 0.137 e. The van der Waals surface area contributed by atoms with Crippen molar-refractivity contribution < 1.29 is 4.42 Å². The second-order valence-electron chi connectivity index (χ2n) is 3.60. The molecule has 1 heterocycles. The van der Waals surface area contributed by atoms with Crippen LogP contribution >= 0.6 is 46.4 Å². The summed E-state index contributed by atoms with van der Waals surface area (Å²) in [5, 5.41) is 3.40. The molecule has 0 aliphatic carbocycles. The molecule has 1 aromatic heterocycles. The van der Waals surface area contributed by atoms with E-state index in [-0.39, 0.29) is 0 Å². The molecule has 0 unspecified atom stereocenters. The lowest BCUT2D eigenvalue weighted by Gasteiger charge is -1.97. The Labute approximate surface area is 117 Å². The van der Waals surface area contributed by atoms with Gasteiger partial charge in [-0.15, -0.1) is 0 Å². The van der Waals surface area contributed by atoms with Crippen molar-refractivity contribution in [3.8, 4) is 0 Å². The summed E-state index contributed by atoms with van der Waals surface area (Å²) >= 11 is 24.1. The molecule has 0 atom stereocenters. The second kappa shape index (κ2) is 3.96. The van der Waals surface area contributed by atoms with Gasteiger partial charge in [-0.1, -0.05) is 46.4 Å². The molecule has 0 spiro atoms. The monoisotopic (exact) mass is 304 g/mol. The summed E-state index contributed by atoms with van der Waals surface area (Å²) in [5.41, 5.74) is 1.30. The molecular formula is C12H4Cl4O. The van der Waals surface area contributed by atoms with Gasteiger partial charge in [-0.2, -0.15) is 0 Å². The van der Waals surface area contributed by atoms with Gasteiger partial charge in [-0.05, 0) is 18.2 Å². The van der Waals surface area contributed by atoms with Crippen LogP contribution in [0.2, 0.25) is 20.1 Å². The van der Waals surface area contributed by atoms with Crippen molar-refractivity contribution in [2.45, 2.75) is 0 Å². The highest BCUT2D eigenvalue weighted by Crippen LogP contribution is 2.40. The zero-order chi connectivity index (χ0) is 12.2. The Kier molecular flexibility index (Phi) is 2.68. The van der Waals surface area contributed by atoms with Gasteiger partial charge in [0.05, 0.1) is 20.1 Å². The predicted octanol–water partition coefficient (Wildman–Crippen LogP) is 6.20. The Bertz CT molecular complexity index is 745. The molecule has 86 valence electrons. The van der Waals surface area contributed by atoms with E-state index in [1.54, 1.807) is 24.3 Å². The van der Waals surface area contributed by atoms with E-state index >= 15 is 0 Å². The van der Waals surface area contributed by atoms with Crippen molar-refractivity contribution in [2.75, 3.05) is 0 Å². The van der Waals surface area contributed by atoms with Gasteiger partial charge in [-0.25, -0.2) is 0 Å². The van der Waals surface area contributed by atoms with Crippen molar-refractivity contribution in [1.82, 2.24) is 0 Å². The molecule has 0 aliphatic heterocycles. The SMILES string of the molecule is Clc1cc2oc3ccc(Cl)c(Cl)c3c2cc1Cl. The van der Waals surface area contributed by atoms with E-state index in [9.17, 15) is 0 Å². The molecule has 0 saturated carbocycles. The molecule has 0 saturated heterocycles. The number of rotatable bonds is 0. The van der Waals surface area contributed by atoms with E-state index in [0.29, 0.717) is 31.3 Å². The number of fused-ring (bicyclic) bond motifs is 3. The molecule has 1 nitrogen and oxygen atoms in total. The quantitative estimate of drug-likeness (QED) is 0.482.